The monoisotopic (exact) mass is 353 g/mol. The van der Waals surface area contributed by atoms with E-state index in [1.54, 1.807) is 0 Å². The zero-order valence-corrected chi connectivity index (χ0v) is 16.0. The van der Waals surface area contributed by atoms with Crippen LogP contribution in [0.5, 0.6) is 5.75 Å². The van der Waals surface area contributed by atoms with Crippen molar-refractivity contribution < 1.29 is 14.4 Å². The molecule has 0 radical (unpaired) electrons. The fourth-order valence-corrected chi connectivity index (χ4v) is 3.62. The first-order valence-corrected chi connectivity index (χ1v) is 9.42. The van der Waals surface area contributed by atoms with Crippen LogP contribution < -0.4 is 9.64 Å². The van der Waals surface area contributed by atoms with E-state index in [0.29, 0.717) is 0 Å². The third-order valence-corrected chi connectivity index (χ3v) is 4.93. The van der Waals surface area contributed by atoms with E-state index in [4.69, 9.17) is 4.74 Å². The van der Waals surface area contributed by atoms with Crippen LogP contribution in [0.2, 0.25) is 0 Å². The Morgan fingerprint density at radius 1 is 1.08 bits per heavy atom. The van der Waals surface area contributed by atoms with Gasteiger partial charge in [-0.2, -0.15) is 0 Å². The fourth-order valence-electron chi connectivity index (χ4n) is 3.62. The van der Waals surface area contributed by atoms with Crippen LogP contribution in [-0.4, -0.2) is 43.1 Å². The highest BCUT2D eigenvalue weighted by molar-refractivity contribution is 5.81. The molecule has 1 aliphatic rings. The maximum atomic E-state index is 12.7. The number of hydrogen-bond acceptors (Lipinski definition) is 2. The summed E-state index contributed by atoms with van der Waals surface area (Å²) in [6.07, 6.45) is -0.452. The maximum Gasteiger partial charge on any atom is 0.263 e. The smallest absolute Gasteiger partial charge is 0.263 e. The molecule has 1 fully saturated rings. The highest BCUT2D eigenvalue weighted by Crippen LogP contribution is 2.18. The lowest BCUT2D eigenvalue weighted by molar-refractivity contribution is -0.917. The number of nitrogens with one attached hydrogen (secondary N) is 1. The summed E-state index contributed by atoms with van der Waals surface area (Å²) >= 11 is 0. The van der Waals surface area contributed by atoms with Gasteiger partial charge in [0, 0.05) is 5.56 Å². The van der Waals surface area contributed by atoms with E-state index in [9.17, 15) is 4.79 Å². The van der Waals surface area contributed by atoms with Crippen LogP contribution in [0.3, 0.4) is 0 Å². The number of benzene rings is 2. The standard InChI is InChI=1S/C22H28N2O2/c1-17-13-18(2)15-21(14-17)26-19(3)22(25)24-11-9-23(10-12-24)16-20-7-5-4-6-8-20/h4-8,13-15,19H,9-12,16H2,1-3H3/p+1/t19-/m0/s1. The number of carbonyl (C=O) groups is 1. The molecular formula is C22H29N2O2+. The number of hydrogen-bond donors (Lipinski definition) is 1. The van der Waals surface area contributed by atoms with Crippen molar-refractivity contribution in [1.29, 1.82) is 0 Å². The van der Waals surface area contributed by atoms with Crippen LogP contribution in [0, 0.1) is 13.8 Å². The van der Waals surface area contributed by atoms with Crippen molar-refractivity contribution in [1.82, 2.24) is 4.90 Å². The third-order valence-electron chi connectivity index (χ3n) is 4.93. The summed E-state index contributed by atoms with van der Waals surface area (Å²) in [6.45, 7) is 10.5. The van der Waals surface area contributed by atoms with Crippen molar-refractivity contribution in [2.24, 2.45) is 0 Å². The van der Waals surface area contributed by atoms with Gasteiger partial charge in [0.15, 0.2) is 6.10 Å². The van der Waals surface area contributed by atoms with Gasteiger partial charge < -0.3 is 14.5 Å². The lowest BCUT2D eigenvalue weighted by Gasteiger charge is -2.33. The van der Waals surface area contributed by atoms with Gasteiger partial charge in [-0.05, 0) is 44.0 Å². The van der Waals surface area contributed by atoms with E-state index in [1.165, 1.54) is 10.5 Å². The van der Waals surface area contributed by atoms with Gasteiger partial charge in [-0.1, -0.05) is 36.4 Å². The van der Waals surface area contributed by atoms with Crippen LogP contribution in [0.4, 0.5) is 0 Å². The molecule has 0 spiro atoms. The molecule has 1 saturated heterocycles. The lowest BCUT2D eigenvalue weighted by Crippen LogP contribution is -3.13. The van der Waals surface area contributed by atoms with Crippen LogP contribution in [0.25, 0.3) is 0 Å². The third kappa shape index (κ3) is 4.85. The van der Waals surface area contributed by atoms with Gasteiger partial charge in [-0.3, -0.25) is 4.79 Å². The molecule has 138 valence electrons. The molecule has 3 rings (SSSR count). The minimum Gasteiger partial charge on any atom is -0.481 e. The largest absolute Gasteiger partial charge is 0.481 e. The topological polar surface area (TPSA) is 34.0 Å². The van der Waals surface area contributed by atoms with Crippen LogP contribution >= 0.6 is 0 Å². The number of nitrogens with zero attached hydrogens (tertiary/aromatic N) is 1. The SMILES string of the molecule is Cc1cc(C)cc(O[C@@H](C)C(=O)N2CC[NH+](Cc3ccccc3)CC2)c1. The van der Waals surface area contributed by atoms with Crippen molar-refractivity contribution in [3.8, 4) is 5.75 Å². The summed E-state index contributed by atoms with van der Waals surface area (Å²) in [6, 6.07) is 16.6. The predicted octanol–water partition coefficient (Wildman–Crippen LogP) is 2.00. The number of rotatable bonds is 5. The summed E-state index contributed by atoms with van der Waals surface area (Å²) in [5, 5.41) is 0. The Bertz CT molecular complexity index is 717. The number of amides is 1. The normalized spacial score (nSPS) is 16.3. The molecule has 1 N–H and O–H groups in total. The Balaban J connectivity index is 1.51. The van der Waals surface area contributed by atoms with Crippen molar-refractivity contribution >= 4 is 5.91 Å². The first-order chi connectivity index (χ1) is 12.5. The summed E-state index contributed by atoms with van der Waals surface area (Å²) in [5.74, 6) is 0.861. The Morgan fingerprint density at radius 2 is 1.69 bits per heavy atom. The molecule has 4 heteroatoms. The molecule has 1 aliphatic heterocycles. The van der Waals surface area contributed by atoms with Crippen molar-refractivity contribution in [3.63, 3.8) is 0 Å². The van der Waals surface area contributed by atoms with E-state index in [2.05, 4.69) is 30.3 Å². The van der Waals surface area contributed by atoms with E-state index in [0.717, 1.165) is 49.6 Å². The summed E-state index contributed by atoms with van der Waals surface area (Å²) in [4.78, 5) is 16.2. The number of carbonyl (C=O) groups excluding carboxylic acids is 1. The molecule has 0 aliphatic carbocycles. The number of aryl methyl sites for hydroxylation is 2. The first-order valence-electron chi connectivity index (χ1n) is 9.42. The molecule has 0 saturated carbocycles. The average Bonchev–Trinajstić information content (AvgIpc) is 2.62. The van der Waals surface area contributed by atoms with E-state index >= 15 is 0 Å². The van der Waals surface area contributed by atoms with E-state index < -0.39 is 6.10 Å². The molecule has 0 aromatic heterocycles. The van der Waals surface area contributed by atoms with Crippen LogP contribution in [0.1, 0.15) is 23.6 Å². The quantitative estimate of drug-likeness (QED) is 0.892. The van der Waals surface area contributed by atoms with Gasteiger partial charge in [-0.25, -0.2) is 0 Å². The second kappa shape index (κ2) is 8.37. The Labute approximate surface area is 156 Å². The van der Waals surface area contributed by atoms with E-state index in [-0.39, 0.29) is 5.91 Å². The Kier molecular flexibility index (Phi) is 5.94. The van der Waals surface area contributed by atoms with Gasteiger partial charge >= 0.3 is 0 Å². The van der Waals surface area contributed by atoms with E-state index in [1.807, 2.05) is 43.9 Å². The predicted molar refractivity (Wildman–Crippen MR) is 103 cm³/mol. The molecule has 1 heterocycles. The Morgan fingerprint density at radius 3 is 2.31 bits per heavy atom. The molecule has 26 heavy (non-hydrogen) atoms. The molecular weight excluding hydrogens is 324 g/mol. The molecule has 0 bridgehead atoms. The van der Waals surface area contributed by atoms with Crippen LogP contribution in [-0.2, 0) is 11.3 Å². The molecule has 1 atom stereocenters. The van der Waals surface area contributed by atoms with Gasteiger partial charge in [0.2, 0.25) is 0 Å². The summed E-state index contributed by atoms with van der Waals surface area (Å²) in [5.41, 5.74) is 3.66. The van der Waals surface area contributed by atoms with Crippen molar-refractivity contribution in [2.75, 3.05) is 26.2 Å². The first kappa shape index (κ1) is 18.5. The molecule has 0 unspecified atom stereocenters. The zero-order valence-electron chi connectivity index (χ0n) is 16.0. The number of quaternary nitrogens is 1. The van der Waals surface area contributed by atoms with Crippen molar-refractivity contribution in [3.05, 3.63) is 65.2 Å². The zero-order chi connectivity index (χ0) is 18.5. The number of piperazine rings is 1. The molecule has 2 aromatic carbocycles. The molecule has 1 amide bonds. The van der Waals surface area contributed by atoms with Crippen LogP contribution in [0.15, 0.2) is 48.5 Å². The highest BCUT2D eigenvalue weighted by Gasteiger charge is 2.28. The van der Waals surface area contributed by atoms with Gasteiger partial charge in [0.25, 0.3) is 5.91 Å². The minimum absolute atomic E-state index is 0.0860. The minimum atomic E-state index is -0.452. The summed E-state index contributed by atoms with van der Waals surface area (Å²) in [7, 11) is 0. The Hall–Kier alpha value is -2.33. The lowest BCUT2D eigenvalue weighted by atomic mass is 10.1. The maximum absolute atomic E-state index is 12.7. The second-order valence-corrected chi connectivity index (χ2v) is 7.32. The van der Waals surface area contributed by atoms with Gasteiger partial charge in [-0.15, -0.1) is 0 Å². The van der Waals surface area contributed by atoms with Gasteiger partial charge in [0.05, 0.1) is 26.2 Å². The van der Waals surface area contributed by atoms with Crippen molar-refractivity contribution in [2.45, 2.75) is 33.4 Å². The number of ether oxygens (including phenoxy) is 1. The average molecular weight is 353 g/mol. The second-order valence-electron chi connectivity index (χ2n) is 7.32. The fraction of sp³-hybridized carbons (Fsp3) is 0.409. The summed E-state index contributed by atoms with van der Waals surface area (Å²) < 4.78 is 5.92. The molecule has 2 aromatic rings. The van der Waals surface area contributed by atoms with Gasteiger partial charge in [0.1, 0.15) is 12.3 Å². The molecule has 4 nitrogen and oxygen atoms in total. The highest BCUT2D eigenvalue weighted by atomic mass is 16.5.